The number of nitrogens with zero attached hydrogens (tertiary/aromatic N) is 2. The molecule has 276 valence electrons. The maximum Gasteiger partial charge on any atom is 0.272 e. The quantitative estimate of drug-likeness (QED) is 0.0695. The predicted octanol–water partition coefficient (Wildman–Crippen LogP) is 9.54. The van der Waals surface area contributed by atoms with Gasteiger partial charge in [-0.2, -0.15) is 0 Å². The molecule has 0 radical (unpaired) electrons. The first-order valence-corrected chi connectivity index (χ1v) is 19.5. The first-order chi connectivity index (χ1) is 24.6. The summed E-state index contributed by atoms with van der Waals surface area (Å²) in [7, 11) is 0. The van der Waals surface area contributed by atoms with Crippen LogP contribution in [0.15, 0.2) is 90.5 Å². The van der Waals surface area contributed by atoms with Gasteiger partial charge in [-0.3, -0.25) is 4.79 Å². The van der Waals surface area contributed by atoms with Gasteiger partial charge >= 0.3 is 0 Å². The lowest BCUT2D eigenvalue weighted by Gasteiger charge is -2.43. The van der Waals surface area contributed by atoms with Crippen molar-refractivity contribution in [3.63, 3.8) is 0 Å². The summed E-state index contributed by atoms with van der Waals surface area (Å²) in [5.41, 5.74) is 3.29. The third kappa shape index (κ3) is 13.6. The molecular weight excluding hydrogens is 726 g/mol. The van der Waals surface area contributed by atoms with Crippen molar-refractivity contribution in [2.24, 2.45) is 0 Å². The van der Waals surface area contributed by atoms with Crippen LogP contribution in [-0.2, 0) is 17.6 Å². The number of alkyl halides is 3. The number of carbonyl (C=O) groups is 1. The molecule has 51 heavy (non-hydrogen) atoms. The van der Waals surface area contributed by atoms with Gasteiger partial charge in [-0.25, -0.2) is 4.39 Å². The Morgan fingerprint density at radius 3 is 2.35 bits per heavy atom. The Morgan fingerprint density at radius 1 is 0.961 bits per heavy atom. The van der Waals surface area contributed by atoms with Crippen molar-refractivity contribution in [2.45, 2.75) is 74.5 Å². The predicted molar refractivity (Wildman–Crippen MR) is 215 cm³/mol. The number of benzene rings is 3. The number of carbonyl (C=O) groups excluding carboxylic acids is 1. The average molecular weight is 776 g/mol. The van der Waals surface area contributed by atoms with Gasteiger partial charge in [0.15, 0.2) is 5.11 Å². The zero-order chi connectivity index (χ0) is 36.7. The smallest absolute Gasteiger partial charge is 0.272 e. The number of para-hydroxylation sites is 1. The second-order valence-electron chi connectivity index (χ2n) is 13.0. The van der Waals surface area contributed by atoms with Gasteiger partial charge in [0.2, 0.25) is 0 Å². The van der Waals surface area contributed by atoms with Crippen molar-refractivity contribution < 1.29 is 13.9 Å². The first kappa shape index (κ1) is 40.9. The number of likely N-dealkylation sites (tertiary alicyclic amines) is 1. The third-order valence-electron chi connectivity index (χ3n) is 8.91. The van der Waals surface area contributed by atoms with Crippen LogP contribution in [0.2, 0.25) is 0 Å². The van der Waals surface area contributed by atoms with E-state index < -0.39 is 15.2 Å². The topological polar surface area (TPSA) is 56.8 Å². The van der Waals surface area contributed by atoms with Crippen molar-refractivity contribution in [3.05, 3.63) is 107 Å². The van der Waals surface area contributed by atoms with Crippen LogP contribution in [-0.4, -0.2) is 69.5 Å². The highest BCUT2D eigenvalue weighted by atomic mass is 35.6. The lowest BCUT2D eigenvalue weighted by atomic mass is 9.74. The van der Waals surface area contributed by atoms with E-state index in [1.165, 1.54) is 50.0 Å². The van der Waals surface area contributed by atoms with E-state index in [-0.39, 0.29) is 5.82 Å². The van der Waals surface area contributed by atoms with Gasteiger partial charge in [0.25, 0.3) is 9.70 Å². The van der Waals surface area contributed by atoms with E-state index in [1.807, 2.05) is 56.3 Å². The highest BCUT2D eigenvalue weighted by Gasteiger charge is 2.43. The molecule has 2 N–H and O–H groups in total. The van der Waals surface area contributed by atoms with Crippen molar-refractivity contribution in [1.82, 2.24) is 15.1 Å². The van der Waals surface area contributed by atoms with Crippen LogP contribution in [0.1, 0.15) is 63.5 Å². The monoisotopic (exact) mass is 774 g/mol. The Labute approximate surface area is 323 Å². The fourth-order valence-corrected chi connectivity index (χ4v) is 6.93. The first-order valence-electron chi connectivity index (χ1n) is 18.0. The number of anilines is 1. The fourth-order valence-electron chi connectivity index (χ4n) is 6.52. The van der Waals surface area contributed by atoms with Crippen LogP contribution in [0.3, 0.4) is 0 Å². The van der Waals surface area contributed by atoms with Crippen LogP contribution in [0.5, 0.6) is 5.75 Å². The van der Waals surface area contributed by atoms with Gasteiger partial charge in [0.05, 0.1) is 12.1 Å². The Morgan fingerprint density at radius 2 is 1.67 bits per heavy atom. The molecule has 1 atom stereocenters. The molecule has 3 aromatic carbocycles. The number of thiocarbonyl (C=S) groups is 1. The number of rotatable bonds is 15. The molecule has 1 fully saturated rings. The van der Waals surface area contributed by atoms with Gasteiger partial charge in [-0.15, -0.1) is 0 Å². The summed E-state index contributed by atoms with van der Waals surface area (Å²) in [5, 5.41) is 6.91. The molecule has 0 spiro atoms. The Hall–Kier alpha value is -2.88. The molecule has 1 heterocycles. The van der Waals surface area contributed by atoms with Gasteiger partial charge in [0, 0.05) is 25.3 Å². The van der Waals surface area contributed by atoms with Gasteiger partial charge in [0.1, 0.15) is 11.6 Å². The summed E-state index contributed by atoms with van der Waals surface area (Å²) >= 11 is 23.7. The zero-order valence-corrected chi connectivity index (χ0v) is 32.7. The molecule has 1 saturated heterocycles. The molecule has 0 aromatic heterocycles. The van der Waals surface area contributed by atoms with Gasteiger partial charge in [-0.1, -0.05) is 104 Å². The molecule has 3 aromatic rings. The lowest BCUT2D eigenvalue weighted by Crippen LogP contribution is -2.57. The van der Waals surface area contributed by atoms with E-state index in [0.717, 1.165) is 48.4 Å². The van der Waals surface area contributed by atoms with E-state index in [1.54, 1.807) is 12.1 Å². The number of amides is 1. The second-order valence-corrected chi connectivity index (χ2v) is 15.6. The molecule has 1 amide bonds. The number of aryl methyl sites for hydroxylation is 1. The minimum absolute atomic E-state index is 0.328. The molecular formula is C40H50Cl3FN4O2S. The Bertz CT molecular complexity index is 1570. The summed E-state index contributed by atoms with van der Waals surface area (Å²) < 4.78 is 17.6. The highest BCUT2D eigenvalue weighted by Crippen LogP contribution is 2.37. The summed E-state index contributed by atoms with van der Waals surface area (Å²) in [5.74, 6) is -0.130. The maximum atomic E-state index is 13.6. The van der Waals surface area contributed by atoms with E-state index in [0.29, 0.717) is 37.7 Å². The molecule has 0 bridgehead atoms. The van der Waals surface area contributed by atoms with Gasteiger partial charge in [-0.05, 0) is 123 Å². The number of hydrogen-bond donors (Lipinski definition) is 2. The second kappa shape index (κ2) is 20.4. The molecule has 5 rings (SSSR count). The summed E-state index contributed by atoms with van der Waals surface area (Å²) in [4.78, 5) is 17.4. The Balaban J connectivity index is 0.00000286. The average Bonchev–Trinajstić information content (AvgIpc) is 3.11. The number of piperidine rings is 1. The summed E-state index contributed by atoms with van der Waals surface area (Å²) in [6, 6.07) is 24.4. The third-order valence-corrected chi connectivity index (χ3v) is 9.79. The lowest BCUT2D eigenvalue weighted by molar-refractivity contribution is -0.121. The summed E-state index contributed by atoms with van der Waals surface area (Å²) in [6.07, 6.45) is 9.68. The van der Waals surface area contributed by atoms with Crippen LogP contribution in [0, 0.1) is 5.82 Å². The van der Waals surface area contributed by atoms with Crippen molar-refractivity contribution >= 4 is 63.7 Å². The Kier molecular flexibility index (Phi) is 16.3. The molecule has 6 nitrogen and oxygen atoms in total. The SMILES string of the molecule is CC.O=C(NC1(Cc2ccc(F)cc2)C=C(CN(CCCc2cccc(OCCCN3CCCCC3)c2)C(=S)Nc2ccccc2)C1)C(Cl)(Cl)Cl. The van der Waals surface area contributed by atoms with Crippen LogP contribution in [0.25, 0.3) is 0 Å². The maximum absolute atomic E-state index is 13.6. The number of hydrogen-bond acceptors (Lipinski definition) is 4. The molecule has 1 unspecified atom stereocenters. The zero-order valence-electron chi connectivity index (χ0n) is 29.6. The van der Waals surface area contributed by atoms with Crippen LogP contribution >= 0.6 is 47.0 Å². The molecule has 0 saturated carbocycles. The van der Waals surface area contributed by atoms with E-state index in [2.05, 4.69) is 38.6 Å². The van der Waals surface area contributed by atoms with Crippen molar-refractivity contribution in [1.29, 1.82) is 0 Å². The van der Waals surface area contributed by atoms with Gasteiger partial charge < -0.3 is 25.2 Å². The van der Waals surface area contributed by atoms with E-state index in [4.69, 9.17) is 51.8 Å². The fraction of sp³-hybridized carbons (Fsp3) is 0.450. The molecule has 2 aliphatic rings. The van der Waals surface area contributed by atoms with Crippen molar-refractivity contribution in [3.8, 4) is 5.75 Å². The van der Waals surface area contributed by atoms with E-state index in [9.17, 15) is 9.18 Å². The summed E-state index contributed by atoms with van der Waals surface area (Å²) in [6.45, 7) is 9.50. The standard InChI is InChI=1S/C38H44Cl3FN4O2S.C2H6/c39-38(40,41)35(47)44-37(25-30-15-17-32(42)18-16-30)26-31(27-37)28-46(36(49)43-33-12-3-1-4-13-33)22-8-11-29-10-7-14-34(24-29)48-23-9-21-45-19-5-2-6-20-45;1-2/h1,3-4,7,10,12-18,24,26H,2,5-6,8-9,11,19-23,25,27-28H2,(H,43,49)(H,44,47);1-2H3. The minimum Gasteiger partial charge on any atom is -0.494 e. The normalized spacial score (nSPS) is 17.3. The van der Waals surface area contributed by atoms with Crippen LogP contribution in [0.4, 0.5) is 10.1 Å². The number of nitrogens with one attached hydrogen (secondary N) is 2. The number of halogens is 4. The highest BCUT2D eigenvalue weighted by molar-refractivity contribution is 7.80. The van der Waals surface area contributed by atoms with Crippen molar-refractivity contribution in [2.75, 3.05) is 44.6 Å². The van der Waals surface area contributed by atoms with Crippen LogP contribution < -0.4 is 15.4 Å². The number of ether oxygens (including phenoxy) is 1. The minimum atomic E-state index is -2.11. The van der Waals surface area contributed by atoms with E-state index >= 15 is 0 Å². The molecule has 11 heteroatoms. The molecule has 1 aliphatic heterocycles. The molecule has 1 aliphatic carbocycles. The largest absolute Gasteiger partial charge is 0.494 e.